The molecule has 1 aliphatic rings. The van der Waals surface area contributed by atoms with E-state index in [0.29, 0.717) is 22.5 Å². The average Bonchev–Trinajstić information content (AvgIpc) is 3.23. The van der Waals surface area contributed by atoms with E-state index in [4.69, 9.17) is 4.74 Å². The van der Waals surface area contributed by atoms with Gasteiger partial charge in [0.1, 0.15) is 10.6 Å². The van der Waals surface area contributed by atoms with Gasteiger partial charge in [-0.15, -0.1) is 11.3 Å². The summed E-state index contributed by atoms with van der Waals surface area (Å²) in [6, 6.07) is 8.07. The smallest absolute Gasteiger partial charge is 0.341 e. The second-order valence-electron chi connectivity index (χ2n) is 8.86. The third kappa shape index (κ3) is 5.76. The first-order valence-electron chi connectivity index (χ1n) is 11.8. The zero-order valence-corrected chi connectivity index (χ0v) is 21.1. The van der Waals surface area contributed by atoms with Crippen LogP contribution in [0.4, 0.5) is 5.00 Å². The summed E-state index contributed by atoms with van der Waals surface area (Å²) in [5.41, 5.74) is 5.07. The van der Waals surface area contributed by atoms with Crippen molar-refractivity contribution in [2.45, 2.75) is 59.8 Å². The van der Waals surface area contributed by atoms with Gasteiger partial charge < -0.3 is 20.0 Å². The molecule has 1 N–H and O–H groups in total. The highest BCUT2D eigenvalue weighted by atomic mass is 32.1. The standard InChI is InChI=1S/C27H33NO5S/c1-5-7-8-18-9-11-19(12-10-18)22-15-34-25(23(22)27(32)33-6-2)28-24(29)20-13-16(3)17(4)14-21(20)26(30)31/h9-12,15,20-21H,5-8,13-14H2,1-4H3,(H,28,29)(H,30,31)/p-1/t20-,21-/m1/s1. The Balaban J connectivity index is 1.91. The second-order valence-corrected chi connectivity index (χ2v) is 9.74. The molecule has 0 saturated carbocycles. The summed E-state index contributed by atoms with van der Waals surface area (Å²) in [5.74, 6) is -3.82. The van der Waals surface area contributed by atoms with Crippen molar-refractivity contribution in [2.24, 2.45) is 11.8 Å². The fourth-order valence-electron chi connectivity index (χ4n) is 4.32. The van der Waals surface area contributed by atoms with Crippen molar-refractivity contribution < 1.29 is 24.2 Å². The van der Waals surface area contributed by atoms with Crippen LogP contribution in [0.25, 0.3) is 11.1 Å². The quantitative estimate of drug-likeness (QED) is 0.401. The number of nitrogens with one attached hydrogen (secondary N) is 1. The summed E-state index contributed by atoms with van der Waals surface area (Å²) in [6.07, 6.45) is 3.88. The van der Waals surface area contributed by atoms with Gasteiger partial charge in [0.2, 0.25) is 5.91 Å². The number of esters is 1. The predicted molar refractivity (Wildman–Crippen MR) is 133 cm³/mol. The van der Waals surface area contributed by atoms with E-state index in [1.54, 1.807) is 6.92 Å². The summed E-state index contributed by atoms with van der Waals surface area (Å²) >= 11 is 1.24. The number of carboxylic acids is 1. The molecule has 34 heavy (non-hydrogen) atoms. The molecule has 3 rings (SSSR count). The van der Waals surface area contributed by atoms with Crippen LogP contribution in [-0.2, 0) is 20.7 Å². The van der Waals surface area contributed by atoms with E-state index in [1.165, 1.54) is 16.9 Å². The zero-order valence-electron chi connectivity index (χ0n) is 20.2. The van der Waals surface area contributed by atoms with Gasteiger partial charge >= 0.3 is 5.97 Å². The lowest BCUT2D eigenvalue weighted by molar-refractivity contribution is -0.313. The van der Waals surface area contributed by atoms with Gasteiger partial charge in [0, 0.05) is 22.8 Å². The van der Waals surface area contributed by atoms with Gasteiger partial charge in [-0.2, -0.15) is 0 Å². The molecule has 0 aliphatic heterocycles. The van der Waals surface area contributed by atoms with Crippen LogP contribution in [0, 0.1) is 11.8 Å². The Kier molecular flexibility index (Phi) is 8.67. The number of unbranched alkanes of at least 4 members (excludes halogenated alkanes) is 1. The topological polar surface area (TPSA) is 95.5 Å². The SMILES string of the molecule is CCCCc1ccc(-c2csc(NC(=O)[C@@H]3CC(C)=C(C)C[C@H]3C(=O)[O-])c2C(=O)OCC)cc1. The molecule has 0 unspecified atom stereocenters. The number of ether oxygens (including phenoxy) is 1. The third-order valence-corrected chi connectivity index (χ3v) is 7.39. The summed E-state index contributed by atoms with van der Waals surface area (Å²) in [5, 5.41) is 16.8. The number of rotatable bonds is 9. The number of carboxylic acid groups (broad SMARTS) is 1. The summed E-state index contributed by atoms with van der Waals surface area (Å²) in [6.45, 7) is 7.89. The molecular formula is C27H32NO5S-. The average molecular weight is 483 g/mol. The fraction of sp³-hybridized carbons (Fsp3) is 0.444. The minimum atomic E-state index is -1.23. The zero-order chi connectivity index (χ0) is 24.8. The van der Waals surface area contributed by atoms with Crippen LogP contribution < -0.4 is 10.4 Å². The van der Waals surface area contributed by atoms with Gasteiger partial charge in [0.25, 0.3) is 0 Å². The molecule has 2 aromatic rings. The van der Waals surface area contributed by atoms with Gasteiger partial charge in [-0.3, -0.25) is 4.79 Å². The van der Waals surface area contributed by atoms with Crippen LogP contribution in [0.15, 0.2) is 40.8 Å². The molecule has 182 valence electrons. The molecule has 0 saturated heterocycles. The van der Waals surface area contributed by atoms with Crippen molar-refractivity contribution in [3.8, 4) is 11.1 Å². The number of amides is 1. The number of aryl methyl sites for hydroxylation is 1. The van der Waals surface area contributed by atoms with Crippen molar-refractivity contribution in [2.75, 3.05) is 11.9 Å². The van der Waals surface area contributed by atoms with E-state index in [9.17, 15) is 19.5 Å². The van der Waals surface area contributed by atoms with E-state index in [1.807, 2.05) is 31.4 Å². The van der Waals surface area contributed by atoms with E-state index < -0.39 is 29.7 Å². The van der Waals surface area contributed by atoms with Gasteiger partial charge in [-0.05, 0) is 57.6 Å². The lowest BCUT2D eigenvalue weighted by Gasteiger charge is -2.32. The Bertz CT molecular complexity index is 1080. The Labute approximate surface area is 205 Å². The van der Waals surface area contributed by atoms with Crippen molar-refractivity contribution in [3.05, 3.63) is 51.9 Å². The number of allylic oxidation sites excluding steroid dienone is 2. The third-order valence-electron chi connectivity index (χ3n) is 6.50. The normalized spacial score (nSPS) is 18.0. The molecule has 6 nitrogen and oxygen atoms in total. The number of aliphatic carboxylic acids is 1. The molecule has 1 aliphatic carbocycles. The predicted octanol–water partition coefficient (Wildman–Crippen LogP) is 4.99. The van der Waals surface area contributed by atoms with E-state index >= 15 is 0 Å². The number of hydrogen-bond donors (Lipinski definition) is 1. The van der Waals surface area contributed by atoms with E-state index in [0.717, 1.165) is 36.0 Å². The molecule has 1 heterocycles. The number of carbonyl (C=O) groups is 3. The molecule has 7 heteroatoms. The molecule has 0 bridgehead atoms. The van der Waals surface area contributed by atoms with Crippen LogP contribution >= 0.6 is 11.3 Å². The van der Waals surface area contributed by atoms with Crippen molar-refractivity contribution in [3.63, 3.8) is 0 Å². The maximum atomic E-state index is 13.2. The van der Waals surface area contributed by atoms with Crippen molar-refractivity contribution >= 4 is 34.2 Å². The molecule has 1 aromatic carbocycles. The van der Waals surface area contributed by atoms with Crippen LogP contribution in [-0.4, -0.2) is 24.5 Å². The second kappa shape index (κ2) is 11.5. The molecule has 1 aromatic heterocycles. The lowest BCUT2D eigenvalue weighted by Crippen LogP contribution is -2.42. The summed E-state index contributed by atoms with van der Waals surface area (Å²) in [4.78, 5) is 37.8. The molecule has 1 amide bonds. The number of anilines is 1. The molecule has 0 fully saturated rings. The van der Waals surface area contributed by atoms with Gasteiger partial charge in [0.15, 0.2) is 0 Å². The first-order chi connectivity index (χ1) is 16.3. The molecular weight excluding hydrogens is 450 g/mol. The number of thiophene rings is 1. The lowest BCUT2D eigenvalue weighted by atomic mass is 9.76. The summed E-state index contributed by atoms with van der Waals surface area (Å²) < 4.78 is 5.29. The summed E-state index contributed by atoms with van der Waals surface area (Å²) in [7, 11) is 0. The molecule has 2 atom stereocenters. The molecule has 0 radical (unpaired) electrons. The van der Waals surface area contributed by atoms with E-state index in [-0.39, 0.29) is 13.0 Å². The van der Waals surface area contributed by atoms with Crippen molar-refractivity contribution in [1.82, 2.24) is 0 Å². The first kappa shape index (κ1) is 25.7. The highest BCUT2D eigenvalue weighted by Gasteiger charge is 2.34. The van der Waals surface area contributed by atoms with E-state index in [2.05, 4.69) is 24.4 Å². The van der Waals surface area contributed by atoms with Crippen LogP contribution in [0.3, 0.4) is 0 Å². The Morgan fingerprint density at radius 2 is 1.71 bits per heavy atom. The fourth-order valence-corrected chi connectivity index (χ4v) is 5.28. The maximum absolute atomic E-state index is 13.2. The van der Waals surface area contributed by atoms with Gasteiger partial charge in [-0.1, -0.05) is 48.8 Å². The number of hydrogen-bond acceptors (Lipinski definition) is 6. The number of carbonyl (C=O) groups excluding carboxylic acids is 3. The Morgan fingerprint density at radius 1 is 1.06 bits per heavy atom. The highest BCUT2D eigenvalue weighted by Crippen LogP contribution is 2.39. The van der Waals surface area contributed by atoms with Crippen LogP contribution in [0.1, 0.15) is 69.3 Å². The first-order valence-corrected chi connectivity index (χ1v) is 12.7. The van der Waals surface area contributed by atoms with Crippen molar-refractivity contribution in [1.29, 1.82) is 0 Å². The molecule has 0 spiro atoms. The van der Waals surface area contributed by atoms with Gasteiger partial charge in [0.05, 0.1) is 12.5 Å². The minimum Gasteiger partial charge on any atom is -0.550 e. The number of benzene rings is 1. The van der Waals surface area contributed by atoms with Gasteiger partial charge in [-0.25, -0.2) is 4.79 Å². The maximum Gasteiger partial charge on any atom is 0.341 e. The Hall–Kier alpha value is -2.93. The van der Waals surface area contributed by atoms with Crippen LogP contribution in [0.2, 0.25) is 0 Å². The van der Waals surface area contributed by atoms with Crippen LogP contribution in [0.5, 0.6) is 0 Å². The monoisotopic (exact) mass is 482 g/mol. The highest BCUT2D eigenvalue weighted by molar-refractivity contribution is 7.15. The minimum absolute atomic E-state index is 0.204. The Morgan fingerprint density at radius 3 is 2.29 bits per heavy atom. The largest absolute Gasteiger partial charge is 0.550 e.